The number of rotatable bonds is 4. The second kappa shape index (κ2) is 7.69. The van der Waals surface area contributed by atoms with E-state index in [9.17, 15) is 9.18 Å². The molecule has 0 aromatic heterocycles. The zero-order valence-electron chi connectivity index (χ0n) is 15.7. The predicted octanol–water partition coefficient (Wildman–Crippen LogP) is 3.64. The summed E-state index contributed by atoms with van der Waals surface area (Å²) in [6, 6.07) is 13.1. The van der Waals surface area contributed by atoms with Crippen LogP contribution in [0.1, 0.15) is 30.4 Å². The van der Waals surface area contributed by atoms with Crippen molar-refractivity contribution < 1.29 is 9.18 Å². The minimum absolute atomic E-state index is 0.0265. The monoisotopic (exact) mass is 367 g/mol. The molecule has 27 heavy (non-hydrogen) atoms. The molecular formula is C22H26FN3O. The number of aryl methyl sites for hydroxylation is 1. The fourth-order valence-electron chi connectivity index (χ4n) is 4.31. The Balaban J connectivity index is 1.36. The maximum Gasteiger partial charge on any atom is 0.221 e. The van der Waals surface area contributed by atoms with Gasteiger partial charge < -0.3 is 10.2 Å². The van der Waals surface area contributed by atoms with Gasteiger partial charge >= 0.3 is 0 Å². The van der Waals surface area contributed by atoms with Gasteiger partial charge in [-0.25, -0.2) is 4.39 Å². The van der Waals surface area contributed by atoms with E-state index in [0.717, 1.165) is 50.5 Å². The molecule has 2 aromatic carbocycles. The molecular weight excluding hydrogens is 341 g/mol. The molecule has 1 fully saturated rings. The van der Waals surface area contributed by atoms with Gasteiger partial charge in [0, 0.05) is 51.0 Å². The van der Waals surface area contributed by atoms with Gasteiger partial charge in [0.05, 0.1) is 0 Å². The van der Waals surface area contributed by atoms with E-state index in [2.05, 4.69) is 27.2 Å². The molecule has 1 heterocycles. The van der Waals surface area contributed by atoms with Gasteiger partial charge in [0.1, 0.15) is 5.82 Å². The summed E-state index contributed by atoms with van der Waals surface area (Å²) >= 11 is 0. The number of halogens is 1. The molecule has 2 aromatic rings. The second-order valence-electron chi connectivity index (χ2n) is 7.59. The summed E-state index contributed by atoms with van der Waals surface area (Å²) in [6.45, 7) is 6.59. The predicted molar refractivity (Wildman–Crippen MR) is 107 cm³/mol. The lowest BCUT2D eigenvalue weighted by atomic mass is 9.99. The summed E-state index contributed by atoms with van der Waals surface area (Å²) < 4.78 is 13.1. The fourth-order valence-corrected chi connectivity index (χ4v) is 4.31. The van der Waals surface area contributed by atoms with E-state index in [1.54, 1.807) is 6.92 Å². The maximum atomic E-state index is 13.1. The van der Waals surface area contributed by atoms with Crippen LogP contribution in [-0.2, 0) is 11.2 Å². The zero-order valence-corrected chi connectivity index (χ0v) is 15.7. The molecule has 1 N–H and O–H groups in total. The van der Waals surface area contributed by atoms with E-state index in [0.29, 0.717) is 5.92 Å². The lowest BCUT2D eigenvalue weighted by Gasteiger charge is -2.37. The highest BCUT2D eigenvalue weighted by atomic mass is 19.1. The van der Waals surface area contributed by atoms with E-state index < -0.39 is 0 Å². The van der Waals surface area contributed by atoms with Gasteiger partial charge in [0.2, 0.25) is 5.91 Å². The van der Waals surface area contributed by atoms with Crippen LogP contribution in [0, 0.1) is 5.82 Å². The Hall–Kier alpha value is -2.40. The van der Waals surface area contributed by atoms with Gasteiger partial charge in [0.15, 0.2) is 0 Å². The summed E-state index contributed by atoms with van der Waals surface area (Å²) in [6.07, 6.45) is 2.30. The molecule has 1 atom stereocenters. The summed E-state index contributed by atoms with van der Waals surface area (Å²) in [5.74, 6) is 0.323. The topological polar surface area (TPSA) is 35.6 Å². The molecule has 2 aliphatic rings. The molecule has 0 spiro atoms. The van der Waals surface area contributed by atoms with Crippen LogP contribution in [0.3, 0.4) is 0 Å². The average molecular weight is 367 g/mol. The van der Waals surface area contributed by atoms with Crippen LogP contribution in [0.5, 0.6) is 0 Å². The summed E-state index contributed by atoms with van der Waals surface area (Å²) in [5.41, 5.74) is 4.80. The minimum Gasteiger partial charge on any atom is -0.369 e. The van der Waals surface area contributed by atoms with E-state index in [-0.39, 0.29) is 11.7 Å². The average Bonchev–Trinajstić information content (AvgIpc) is 3.05. The van der Waals surface area contributed by atoms with Gasteiger partial charge in [-0.2, -0.15) is 0 Å². The van der Waals surface area contributed by atoms with Gasteiger partial charge in [-0.1, -0.05) is 6.07 Å². The van der Waals surface area contributed by atoms with Crippen LogP contribution in [0.15, 0.2) is 42.5 Å². The van der Waals surface area contributed by atoms with E-state index in [1.807, 2.05) is 18.2 Å². The molecule has 0 radical (unpaired) electrons. The smallest absolute Gasteiger partial charge is 0.221 e. The number of nitrogens with one attached hydrogen (secondary N) is 1. The Morgan fingerprint density at radius 2 is 1.85 bits per heavy atom. The lowest BCUT2D eigenvalue weighted by molar-refractivity contribution is -0.114. The molecule has 1 saturated heterocycles. The van der Waals surface area contributed by atoms with Crippen molar-refractivity contribution in [3.63, 3.8) is 0 Å². The Bertz CT molecular complexity index is 813. The Morgan fingerprint density at radius 1 is 1.11 bits per heavy atom. The van der Waals surface area contributed by atoms with Crippen molar-refractivity contribution >= 4 is 17.3 Å². The number of amides is 1. The molecule has 1 aliphatic carbocycles. The highest BCUT2D eigenvalue weighted by molar-refractivity contribution is 5.88. The van der Waals surface area contributed by atoms with Crippen LogP contribution < -0.4 is 10.2 Å². The van der Waals surface area contributed by atoms with E-state index >= 15 is 0 Å². The van der Waals surface area contributed by atoms with Crippen LogP contribution in [0.2, 0.25) is 0 Å². The standard InChI is InChI=1S/C22H26FN3O/c1-16(27)24-20-7-4-17-2-3-18(22(17)14-20)15-25-10-12-26(13-11-25)21-8-5-19(23)6-9-21/h4-9,14,18H,2-3,10-13,15H2,1H3,(H,24,27). The Kier molecular flexibility index (Phi) is 5.12. The maximum absolute atomic E-state index is 13.1. The van der Waals surface area contributed by atoms with Crippen molar-refractivity contribution in [3.05, 3.63) is 59.4 Å². The van der Waals surface area contributed by atoms with Crippen LogP contribution >= 0.6 is 0 Å². The van der Waals surface area contributed by atoms with Crippen molar-refractivity contribution in [1.29, 1.82) is 0 Å². The molecule has 142 valence electrons. The number of carbonyl (C=O) groups is 1. The Morgan fingerprint density at radius 3 is 2.56 bits per heavy atom. The first kappa shape index (κ1) is 18.0. The van der Waals surface area contributed by atoms with Crippen molar-refractivity contribution in [1.82, 2.24) is 4.90 Å². The summed E-state index contributed by atoms with van der Waals surface area (Å²) in [7, 11) is 0. The molecule has 1 aliphatic heterocycles. The van der Waals surface area contributed by atoms with Crippen molar-refractivity contribution in [2.45, 2.75) is 25.7 Å². The lowest BCUT2D eigenvalue weighted by Crippen LogP contribution is -2.47. The van der Waals surface area contributed by atoms with Gasteiger partial charge in [0.25, 0.3) is 0 Å². The number of hydrogen-bond acceptors (Lipinski definition) is 3. The Labute approximate surface area is 160 Å². The van der Waals surface area contributed by atoms with Crippen molar-refractivity contribution in [2.75, 3.05) is 42.9 Å². The quantitative estimate of drug-likeness (QED) is 0.896. The molecule has 0 bridgehead atoms. The fraction of sp³-hybridized carbons (Fsp3) is 0.409. The molecule has 1 amide bonds. The third kappa shape index (κ3) is 4.14. The second-order valence-corrected chi connectivity index (χ2v) is 7.59. The highest BCUT2D eigenvalue weighted by Gasteiger charge is 2.26. The SMILES string of the molecule is CC(=O)Nc1ccc2c(c1)C(CN1CCN(c3ccc(F)cc3)CC1)CC2. The first-order chi connectivity index (χ1) is 13.1. The van der Waals surface area contributed by atoms with Crippen LogP contribution in [0.25, 0.3) is 0 Å². The number of carbonyl (C=O) groups excluding carboxylic acids is 1. The molecule has 5 heteroatoms. The number of hydrogen-bond donors (Lipinski definition) is 1. The minimum atomic E-state index is -0.184. The van der Waals surface area contributed by atoms with E-state index in [1.165, 1.54) is 29.7 Å². The summed E-state index contributed by atoms with van der Waals surface area (Å²) in [5, 5.41) is 2.90. The molecule has 4 rings (SSSR count). The first-order valence-electron chi connectivity index (χ1n) is 9.72. The van der Waals surface area contributed by atoms with E-state index in [4.69, 9.17) is 0 Å². The van der Waals surface area contributed by atoms with Gasteiger partial charge in [-0.15, -0.1) is 0 Å². The normalized spacial score (nSPS) is 19.8. The number of fused-ring (bicyclic) bond motifs is 1. The third-order valence-electron chi connectivity index (χ3n) is 5.71. The molecule has 1 unspecified atom stereocenters. The largest absolute Gasteiger partial charge is 0.369 e. The van der Waals surface area contributed by atoms with Crippen LogP contribution in [-0.4, -0.2) is 43.5 Å². The van der Waals surface area contributed by atoms with Gasteiger partial charge in [-0.05, 0) is 66.3 Å². The first-order valence-corrected chi connectivity index (χ1v) is 9.72. The number of benzene rings is 2. The number of anilines is 2. The molecule has 0 saturated carbocycles. The van der Waals surface area contributed by atoms with Crippen molar-refractivity contribution in [2.24, 2.45) is 0 Å². The number of nitrogens with zero attached hydrogens (tertiary/aromatic N) is 2. The summed E-state index contributed by atoms with van der Waals surface area (Å²) in [4.78, 5) is 16.2. The van der Waals surface area contributed by atoms with Gasteiger partial charge in [-0.3, -0.25) is 9.69 Å². The highest BCUT2D eigenvalue weighted by Crippen LogP contribution is 2.35. The third-order valence-corrected chi connectivity index (χ3v) is 5.71. The zero-order chi connectivity index (χ0) is 18.8. The number of piperazine rings is 1. The molecule has 4 nitrogen and oxygen atoms in total. The van der Waals surface area contributed by atoms with Crippen LogP contribution in [0.4, 0.5) is 15.8 Å². The van der Waals surface area contributed by atoms with Crippen molar-refractivity contribution in [3.8, 4) is 0 Å².